The molecule has 1 aliphatic heterocycles. The van der Waals surface area contributed by atoms with Gasteiger partial charge in [0.2, 0.25) is 0 Å². The van der Waals surface area contributed by atoms with Crippen LogP contribution in [0.15, 0.2) is 48.8 Å². The predicted molar refractivity (Wildman–Crippen MR) is 128 cm³/mol. The number of benzene rings is 2. The lowest BCUT2D eigenvalue weighted by Gasteiger charge is -2.34. The van der Waals surface area contributed by atoms with Crippen LogP contribution in [-0.4, -0.2) is 34.1 Å². The third-order valence-corrected chi connectivity index (χ3v) is 6.17. The maximum atomic E-state index is 9.25. The number of pyridine rings is 1. The van der Waals surface area contributed by atoms with Crippen molar-refractivity contribution in [3.63, 3.8) is 0 Å². The van der Waals surface area contributed by atoms with Crippen molar-refractivity contribution < 1.29 is 0 Å². The molecule has 0 bridgehead atoms. The Morgan fingerprint density at radius 3 is 2.47 bits per heavy atom. The fourth-order valence-corrected chi connectivity index (χ4v) is 4.64. The Labute approximate surface area is 187 Å². The average molecular weight is 423 g/mol. The highest BCUT2D eigenvalue weighted by molar-refractivity contribution is 5.91. The molecule has 0 saturated carbocycles. The molecule has 1 saturated heterocycles. The van der Waals surface area contributed by atoms with Crippen LogP contribution in [0.25, 0.3) is 33.5 Å². The molecule has 4 aromatic rings. The maximum Gasteiger partial charge on any atom is 0.142 e. The van der Waals surface area contributed by atoms with Crippen molar-refractivity contribution in [1.29, 1.82) is 5.26 Å². The topological polar surface area (TPSA) is 94.6 Å². The largest absolute Gasteiger partial charge is 0.370 e. The van der Waals surface area contributed by atoms with Gasteiger partial charge in [-0.2, -0.15) is 5.26 Å². The van der Waals surface area contributed by atoms with Gasteiger partial charge in [0, 0.05) is 37.1 Å². The van der Waals surface area contributed by atoms with Gasteiger partial charge in [-0.1, -0.05) is 29.3 Å². The molecule has 2 aromatic carbocycles. The van der Waals surface area contributed by atoms with Crippen LogP contribution >= 0.6 is 0 Å². The third kappa shape index (κ3) is 3.72. The fraction of sp³-hybridized carbons (Fsp3) is 0.269. The molecular formula is C26H26N6. The lowest BCUT2D eigenvalue weighted by Crippen LogP contribution is -2.40. The summed E-state index contributed by atoms with van der Waals surface area (Å²) in [5, 5.41) is 9.25. The number of hydrogen-bond donors (Lipinski definition) is 2. The van der Waals surface area contributed by atoms with E-state index in [-0.39, 0.29) is 6.04 Å². The summed E-state index contributed by atoms with van der Waals surface area (Å²) in [6.07, 6.45) is 5.76. The average Bonchev–Trinajstić information content (AvgIpc) is 3.21. The van der Waals surface area contributed by atoms with E-state index in [0.29, 0.717) is 5.56 Å². The fourth-order valence-electron chi connectivity index (χ4n) is 4.64. The van der Waals surface area contributed by atoms with Crippen molar-refractivity contribution >= 4 is 16.7 Å². The molecule has 6 nitrogen and oxygen atoms in total. The van der Waals surface area contributed by atoms with Crippen LogP contribution in [0, 0.1) is 25.2 Å². The molecule has 2 aromatic heterocycles. The molecular weight excluding hydrogens is 396 g/mol. The minimum absolute atomic E-state index is 0.247. The Hall–Kier alpha value is -3.69. The van der Waals surface area contributed by atoms with Gasteiger partial charge in [-0.05, 0) is 50.5 Å². The van der Waals surface area contributed by atoms with Crippen molar-refractivity contribution in [2.75, 3.05) is 18.0 Å². The van der Waals surface area contributed by atoms with Crippen LogP contribution in [0.5, 0.6) is 0 Å². The van der Waals surface area contributed by atoms with E-state index in [1.54, 1.807) is 6.07 Å². The molecule has 0 amide bonds. The van der Waals surface area contributed by atoms with E-state index in [0.717, 1.165) is 65.2 Å². The molecule has 5 rings (SSSR count). The molecule has 32 heavy (non-hydrogen) atoms. The summed E-state index contributed by atoms with van der Waals surface area (Å²) >= 11 is 0. The zero-order chi connectivity index (χ0) is 22.2. The van der Waals surface area contributed by atoms with E-state index < -0.39 is 0 Å². The number of nitrogens with two attached hydrogens (primary N) is 1. The Morgan fingerprint density at radius 2 is 1.75 bits per heavy atom. The Balaban J connectivity index is 1.71. The summed E-state index contributed by atoms with van der Waals surface area (Å²) < 4.78 is 0. The number of nitrogens with one attached hydrogen (secondary N) is 1. The first-order valence-corrected chi connectivity index (χ1v) is 11.0. The Bertz CT molecular complexity index is 1320. The number of fused-ring (bicyclic) bond motifs is 1. The minimum Gasteiger partial charge on any atom is -0.370 e. The summed E-state index contributed by atoms with van der Waals surface area (Å²) in [6.45, 7) is 6.04. The smallest absolute Gasteiger partial charge is 0.142 e. The molecule has 0 radical (unpaired) electrons. The highest BCUT2D eigenvalue weighted by Crippen LogP contribution is 2.40. The van der Waals surface area contributed by atoms with Crippen LogP contribution in [0.1, 0.15) is 29.5 Å². The van der Waals surface area contributed by atoms with Crippen LogP contribution in [0.2, 0.25) is 0 Å². The first-order valence-electron chi connectivity index (χ1n) is 11.0. The number of aryl methyl sites for hydroxylation is 2. The van der Waals surface area contributed by atoms with Crippen molar-refractivity contribution in [2.24, 2.45) is 5.73 Å². The monoisotopic (exact) mass is 422 g/mol. The second-order valence-electron chi connectivity index (χ2n) is 8.71. The normalized spacial score (nSPS) is 14.6. The molecule has 0 spiro atoms. The van der Waals surface area contributed by atoms with Crippen molar-refractivity contribution in [3.05, 3.63) is 65.5 Å². The van der Waals surface area contributed by atoms with Crippen molar-refractivity contribution in [1.82, 2.24) is 15.0 Å². The Morgan fingerprint density at radius 1 is 1.03 bits per heavy atom. The standard InChI is InChI=1S/C26H26N6/c1-16-9-17(2)11-19(10-16)21-14-29-15-22(25(21)32-7-5-20(28)6-8-32)26-30-23-4-3-18(13-27)12-24(23)31-26/h3-4,9-12,14-15,20H,5-8,28H2,1-2H3,(H,30,31). The number of nitriles is 1. The number of rotatable bonds is 3. The zero-order valence-electron chi connectivity index (χ0n) is 18.4. The zero-order valence-corrected chi connectivity index (χ0v) is 18.4. The molecule has 0 atom stereocenters. The predicted octanol–water partition coefficient (Wildman–Crippen LogP) is 4.71. The van der Waals surface area contributed by atoms with E-state index >= 15 is 0 Å². The van der Waals surface area contributed by atoms with Crippen LogP contribution in [-0.2, 0) is 0 Å². The van der Waals surface area contributed by atoms with Gasteiger partial charge in [0.15, 0.2) is 0 Å². The Kier molecular flexibility index (Phi) is 5.12. The minimum atomic E-state index is 0.247. The van der Waals surface area contributed by atoms with Crippen LogP contribution in [0.3, 0.4) is 0 Å². The van der Waals surface area contributed by atoms with Gasteiger partial charge in [-0.25, -0.2) is 4.98 Å². The van der Waals surface area contributed by atoms with Crippen molar-refractivity contribution in [3.8, 4) is 28.6 Å². The number of hydrogen-bond acceptors (Lipinski definition) is 5. The summed E-state index contributed by atoms with van der Waals surface area (Å²) in [4.78, 5) is 15.3. The summed E-state index contributed by atoms with van der Waals surface area (Å²) in [7, 11) is 0. The maximum absolute atomic E-state index is 9.25. The molecule has 1 fully saturated rings. The first-order chi connectivity index (χ1) is 15.5. The molecule has 6 heteroatoms. The van der Waals surface area contributed by atoms with Gasteiger partial charge in [0.25, 0.3) is 0 Å². The number of imidazole rings is 1. The van der Waals surface area contributed by atoms with Gasteiger partial charge in [-0.15, -0.1) is 0 Å². The number of nitrogens with zero attached hydrogens (tertiary/aromatic N) is 4. The SMILES string of the molecule is Cc1cc(C)cc(-c2cncc(-c3nc4ccc(C#N)cc4[nH]3)c2N2CCC(N)CC2)c1. The lowest BCUT2D eigenvalue weighted by molar-refractivity contribution is 0.501. The first kappa shape index (κ1) is 20.2. The summed E-state index contributed by atoms with van der Waals surface area (Å²) in [6, 6.07) is 14.6. The number of H-pyrrole nitrogens is 1. The number of anilines is 1. The van der Waals surface area contributed by atoms with E-state index in [9.17, 15) is 5.26 Å². The number of piperidine rings is 1. The molecule has 0 unspecified atom stereocenters. The van der Waals surface area contributed by atoms with E-state index in [2.05, 4.69) is 53.0 Å². The highest BCUT2D eigenvalue weighted by atomic mass is 15.2. The molecule has 3 N–H and O–H groups in total. The second-order valence-corrected chi connectivity index (χ2v) is 8.71. The van der Waals surface area contributed by atoms with Gasteiger partial charge in [0.05, 0.1) is 33.9 Å². The van der Waals surface area contributed by atoms with Gasteiger partial charge in [0.1, 0.15) is 5.82 Å². The molecule has 160 valence electrons. The summed E-state index contributed by atoms with van der Waals surface area (Å²) in [5.41, 5.74) is 15.3. The molecule has 0 aliphatic carbocycles. The number of aromatic nitrogens is 3. The van der Waals surface area contributed by atoms with E-state index in [1.807, 2.05) is 24.5 Å². The van der Waals surface area contributed by atoms with Gasteiger partial charge >= 0.3 is 0 Å². The molecule has 3 heterocycles. The third-order valence-electron chi connectivity index (χ3n) is 6.17. The van der Waals surface area contributed by atoms with Crippen molar-refractivity contribution in [2.45, 2.75) is 32.7 Å². The molecule has 1 aliphatic rings. The van der Waals surface area contributed by atoms with E-state index in [4.69, 9.17) is 10.7 Å². The lowest BCUT2D eigenvalue weighted by atomic mass is 9.96. The van der Waals surface area contributed by atoms with Crippen LogP contribution in [0.4, 0.5) is 5.69 Å². The summed E-state index contributed by atoms with van der Waals surface area (Å²) in [5.74, 6) is 0.763. The van der Waals surface area contributed by atoms with Gasteiger partial charge < -0.3 is 15.6 Å². The highest BCUT2D eigenvalue weighted by Gasteiger charge is 2.24. The second kappa shape index (κ2) is 8.10. The van der Waals surface area contributed by atoms with Gasteiger partial charge in [-0.3, -0.25) is 4.98 Å². The van der Waals surface area contributed by atoms with E-state index in [1.165, 1.54) is 11.1 Å². The number of aromatic amines is 1. The quantitative estimate of drug-likeness (QED) is 0.499. The van der Waals surface area contributed by atoms with Crippen LogP contribution < -0.4 is 10.6 Å².